The summed E-state index contributed by atoms with van der Waals surface area (Å²) in [6, 6.07) is 12.9. The van der Waals surface area contributed by atoms with Gasteiger partial charge in [-0.3, -0.25) is 14.9 Å². The Kier molecular flexibility index (Phi) is 6.11. The lowest BCUT2D eigenvalue weighted by atomic mass is 10.1. The molecule has 0 fully saturated rings. The van der Waals surface area contributed by atoms with Gasteiger partial charge >= 0.3 is 0 Å². The fourth-order valence-corrected chi connectivity index (χ4v) is 2.77. The van der Waals surface area contributed by atoms with Crippen LogP contribution in [0.1, 0.15) is 21.7 Å². The minimum atomic E-state index is -0.480. The molecule has 0 unspecified atom stereocenters. The van der Waals surface area contributed by atoms with E-state index in [9.17, 15) is 14.9 Å². The van der Waals surface area contributed by atoms with Gasteiger partial charge in [-0.25, -0.2) is 5.43 Å². The SMILES string of the molecule is COc1ccc(C(=O)NN=Cc2ccc(-c3ccc(C)cc3[N+](=O)[O-])o2)c(OC)c1. The molecule has 1 aromatic heterocycles. The van der Waals surface area contributed by atoms with Gasteiger partial charge in [-0.15, -0.1) is 0 Å². The van der Waals surface area contributed by atoms with Gasteiger partial charge in [0.2, 0.25) is 0 Å². The van der Waals surface area contributed by atoms with Gasteiger partial charge < -0.3 is 13.9 Å². The average molecular weight is 409 g/mol. The molecule has 0 radical (unpaired) electrons. The van der Waals surface area contributed by atoms with Crippen LogP contribution >= 0.6 is 0 Å². The number of ether oxygens (including phenoxy) is 2. The summed E-state index contributed by atoms with van der Waals surface area (Å²) in [6.45, 7) is 1.78. The number of aryl methyl sites for hydroxylation is 1. The van der Waals surface area contributed by atoms with Crippen molar-refractivity contribution in [1.82, 2.24) is 5.43 Å². The van der Waals surface area contributed by atoms with E-state index >= 15 is 0 Å². The molecule has 2 aromatic carbocycles. The number of nitrogens with one attached hydrogen (secondary N) is 1. The highest BCUT2D eigenvalue weighted by molar-refractivity contribution is 5.97. The molecule has 9 heteroatoms. The van der Waals surface area contributed by atoms with Crippen LogP contribution in [0.5, 0.6) is 11.5 Å². The summed E-state index contributed by atoms with van der Waals surface area (Å²) >= 11 is 0. The molecule has 0 spiro atoms. The number of nitrogens with zero attached hydrogens (tertiary/aromatic N) is 2. The van der Waals surface area contributed by atoms with E-state index in [0.717, 1.165) is 5.56 Å². The highest BCUT2D eigenvalue weighted by atomic mass is 16.6. The Morgan fingerprint density at radius 2 is 1.93 bits per heavy atom. The largest absolute Gasteiger partial charge is 0.497 e. The topological polar surface area (TPSA) is 116 Å². The maximum atomic E-state index is 12.3. The molecular formula is C21H19N3O6. The highest BCUT2D eigenvalue weighted by Crippen LogP contribution is 2.31. The normalized spacial score (nSPS) is 10.8. The summed E-state index contributed by atoms with van der Waals surface area (Å²) in [7, 11) is 2.96. The molecule has 1 heterocycles. The third-order valence-corrected chi connectivity index (χ3v) is 4.25. The Hall–Kier alpha value is -4.14. The number of rotatable bonds is 7. The lowest BCUT2D eigenvalue weighted by Gasteiger charge is -2.08. The van der Waals surface area contributed by atoms with Gasteiger partial charge in [0.05, 0.1) is 36.5 Å². The summed E-state index contributed by atoms with van der Waals surface area (Å²) in [5, 5.41) is 15.2. The maximum Gasteiger partial charge on any atom is 0.280 e. The Balaban J connectivity index is 1.74. The van der Waals surface area contributed by atoms with Crippen molar-refractivity contribution < 1.29 is 23.6 Å². The second-order valence-corrected chi connectivity index (χ2v) is 6.25. The van der Waals surface area contributed by atoms with Crippen molar-refractivity contribution in [3.05, 3.63) is 75.5 Å². The molecule has 1 N–H and O–H groups in total. The van der Waals surface area contributed by atoms with E-state index in [1.54, 1.807) is 49.4 Å². The van der Waals surface area contributed by atoms with Crippen molar-refractivity contribution in [2.45, 2.75) is 6.92 Å². The number of benzene rings is 2. The Morgan fingerprint density at radius 1 is 1.13 bits per heavy atom. The first-order valence-corrected chi connectivity index (χ1v) is 8.83. The highest BCUT2D eigenvalue weighted by Gasteiger charge is 2.18. The number of nitro groups is 1. The zero-order chi connectivity index (χ0) is 21.7. The molecule has 0 aliphatic rings. The van der Waals surface area contributed by atoms with Crippen LogP contribution in [0.15, 0.2) is 58.0 Å². The van der Waals surface area contributed by atoms with Gasteiger partial charge in [0.25, 0.3) is 11.6 Å². The van der Waals surface area contributed by atoms with Crippen molar-refractivity contribution in [2.24, 2.45) is 5.10 Å². The van der Waals surface area contributed by atoms with Crippen LogP contribution in [-0.2, 0) is 0 Å². The Morgan fingerprint density at radius 3 is 2.63 bits per heavy atom. The summed E-state index contributed by atoms with van der Waals surface area (Å²) in [5.74, 6) is 1.06. The van der Waals surface area contributed by atoms with Gasteiger partial charge in [-0.05, 0) is 42.8 Å². The van der Waals surface area contributed by atoms with Gasteiger partial charge in [-0.1, -0.05) is 6.07 Å². The first-order chi connectivity index (χ1) is 14.4. The van der Waals surface area contributed by atoms with Crippen LogP contribution in [0, 0.1) is 17.0 Å². The molecule has 0 atom stereocenters. The second-order valence-electron chi connectivity index (χ2n) is 6.25. The van der Waals surface area contributed by atoms with Crippen molar-refractivity contribution in [3.8, 4) is 22.8 Å². The van der Waals surface area contributed by atoms with Gasteiger partial charge in [0.15, 0.2) is 0 Å². The van der Waals surface area contributed by atoms with Crippen LogP contribution < -0.4 is 14.9 Å². The smallest absolute Gasteiger partial charge is 0.280 e. The molecular weight excluding hydrogens is 390 g/mol. The van der Waals surface area contributed by atoms with Crippen molar-refractivity contribution in [3.63, 3.8) is 0 Å². The van der Waals surface area contributed by atoms with Gasteiger partial charge in [-0.2, -0.15) is 5.10 Å². The van der Waals surface area contributed by atoms with Gasteiger partial charge in [0.1, 0.15) is 23.0 Å². The first kappa shape index (κ1) is 20.6. The van der Waals surface area contributed by atoms with E-state index in [1.807, 2.05) is 0 Å². The molecule has 0 saturated heterocycles. The van der Waals surface area contributed by atoms with E-state index in [0.29, 0.717) is 28.6 Å². The van der Waals surface area contributed by atoms with E-state index in [4.69, 9.17) is 13.9 Å². The van der Waals surface area contributed by atoms with Crippen molar-refractivity contribution in [2.75, 3.05) is 14.2 Å². The lowest BCUT2D eigenvalue weighted by molar-refractivity contribution is -0.384. The predicted molar refractivity (Wildman–Crippen MR) is 110 cm³/mol. The summed E-state index contributed by atoms with van der Waals surface area (Å²) < 4.78 is 15.9. The van der Waals surface area contributed by atoms with Crippen LogP contribution in [0.2, 0.25) is 0 Å². The standard InChI is InChI=1S/C21H19N3O6/c1-13-4-7-16(18(10-13)24(26)27)19-9-6-15(30-19)12-22-23-21(25)17-8-5-14(28-2)11-20(17)29-3/h4-12H,1-3H3,(H,23,25). The summed E-state index contributed by atoms with van der Waals surface area (Å²) in [5.41, 5.74) is 3.75. The maximum absolute atomic E-state index is 12.3. The van der Waals surface area contributed by atoms with Crippen molar-refractivity contribution in [1.29, 1.82) is 0 Å². The molecule has 1 amide bonds. The third kappa shape index (κ3) is 4.46. The van der Waals surface area contributed by atoms with E-state index in [-0.39, 0.29) is 11.3 Å². The van der Waals surface area contributed by atoms with Crippen LogP contribution in [0.3, 0.4) is 0 Å². The van der Waals surface area contributed by atoms with E-state index in [1.165, 1.54) is 26.5 Å². The fraction of sp³-hybridized carbons (Fsp3) is 0.143. The molecule has 30 heavy (non-hydrogen) atoms. The lowest BCUT2D eigenvalue weighted by Crippen LogP contribution is -2.18. The van der Waals surface area contributed by atoms with Crippen molar-refractivity contribution >= 4 is 17.8 Å². The number of furan rings is 1. The zero-order valence-corrected chi connectivity index (χ0v) is 16.5. The Labute approximate surface area is 172 Å². The summed E-state index contributed by atoms with van der Waals surface area (Å²) in [6.07, 6.45) is 1.30. The second kappa shape index (κ2) is 8.91. The molecule has 154 valence electrons. The minimum absolute atomic E-state index is 0.0484. The van der Waals surface area contributed by atoms with Crippen LogP contribution in [0.4, 0.5) is 5.69 Å². The van der Waals surface area contributed by atoms with Crippen LogP contribution in [-0.4, -0.2) is 31.3 Å². The molecule has 9 nitrogen and oxygen atoms in total. The number of methoxy groups -OCH3 is 2. The van der Waals surface area contributed by atoms with Crippen LogP contribution in [0.25, 0.3) is 11.3 Å². The fourth-order valence-electron chi connectivity index (χ4n) is 2.77. The number of carbonyl (C=O) groups excluding carboxylic acids is 1. The quantitative estimate of drug-likeness (QED) is 0.359. The average Bonchev–Trinajstić information content (AvgIpc) is 3.21. The minimum Gasteiger partial charge on any atom is -0.497 e. The first-order valence-electron chi connectivity index (χ1n) is 8.83. The molecule has 3 aromatic rings. The molecule has 0 aliphatic carbocycles. The number of hydrogen-bond acceptors (Lipinski definition) is 7. The molecule has 0 aliphatic heterocycles. The monoisotopic (exact) mass is 409 g/mol. The van der Waals surface area contributed by atoms with E-state index in [2.05, 4.69) is 10.5 Å². The Bertz CT molecular complexity index is 1120. The number of amides is 1. The van der Waals surface area contributed by atoms with E-state index < -0.39 is 10.8 Å². The number of nitro benzene ring substituents is 1. The summed E-state index contributed by atoms with van der Waals surface area (Å²) in [4.78, 5) is 23.2. The number of hydrogen-bond donors (Lipinski definition) is 1. The van der Waals surface area contributed by atoms with Gasteiger partial charge in [0, 0.05) is 12.1 Å². The molecule has 3 rings (SSSR count). The predicted octanol–water partition coefficient (Wildman–Crippen LogP) is 3.94. The molecule has 0 bridgehead atoms. The third-order valence-electron chi connectivity index (χ3n) is 4.25. The zero-order valence-electron chi connectivity index (χ0n) is 16.5. The number of hydrazone groups is 1. The number of carbonyl (C=O) groups is 1. The molecule has 0 saturated carbocycles.